The number of benzene rings is 1. The number of carbonyl (C=O) groups excluding carboxylic acids is 1. The number of ether oxygens (including phenoxy) is 1. The molecule has 2 fully saturated rings. The highest BCUT2D eigenvalue weighted by molar-refractivity contribution is 5.78. The highest BCUT2D eigenvalue weighted by atomic mass is 19.1. The van der Waals surface area contributed by atoms with E-state index in [0.29, 0.717) is 25.4 Å². The van der Waals surface area contributed by atoms with E-state index in [-0.39, 0.29) is 17.8 Å². The number of hydrogen-bond acceptors (Lipinski definition) is 4. The number of aromatic nitrogens is 1. The van der Waals surface area contributed by atoms with Crippen LogP contribution in [0.25, 0.3) is 0 Å². The Balaban J connectivity index is 1.32. The minimum atomic E-state index is -0.131. The van der Waals surface area contributed by atoms with Gasteiger partial charge < -0.3 is 9.64 Å². The molecule has 4 rings (SSSR count). The van der Waals surface area contributed by atoms with Crippen LogP contribution in [0.4, 0.5) is 4.39 Å². The Bertz CT molecular complexity index is 834. The van der Waals surface area contributed by atoms with Crippen molar-refractivity contribution in [2.45, 2.75) is 44.8 Å². The van der Waals surface area contributed by atoms with Gasteiger partial charge in [-0.1, -0.05) is 24.3 Å². The van der Waals surface area contributed by atoms with E-state index in [1.807, 2.05) is 29.2 Å². The standard InChI is InChI=1S/C25H32FN3O2/c26-24-8-2-1-6-22(24)18-28-12-9-20(10-13-28)17-29(19-23-7-4-14-31-23)25(30)15-21-5-3-11-27-16-21/h1-3,5-6,8,11,16,20,23H,4,7,9-10,12-15,17-19H2. The van der Waals surface area contributed by atoms with Gasteiger partial charge in [-0.15, -0.1) is 0 Å². The van der Waals surface area contributed by atoms with Crippen molar-refractivity contribution < 1.29 is 13.9 Å². The molecule has 31 heavy (non-hydrogen) atoms. The molecule has 2 aliphatic rings. The van der Waals surface area contributed by atoms with Gasteiger partial charge in [0.15, 0.2) is 0 Å². The first-order valence-corrected chi connectivity index (χ1v) is 11.4. The number of pyridine rings is 1. The number of likely N-dealkylation sites (tertiary alicyclic amines) is 1. The number of hydrogen-bond donors (Lipinski definition) is 0. The highest BCUT2D eigenvalue weighted by Gasteiger charge is 2.27. The maximum Gasteiger partial charge on any atom is 0.227 e. The van der Waals surface area contributed by atoms with Crippen molar-refractivity contribution >= 4 is 5.91 Å². The molecule has 2 saturated heterocycles. The molecule has 1 amide bonds. The van der Waals surface area contributed by atoms with Crippen molar-refractivity contribution in [1.29, 1.82) is 0 Å². The summed E-state index contributed by atoms with van der Waals surface area (Å²) in [5, 5.41) is 0. The van der Waals surface area contributed by atoms with E-state index in [2.05, 4.69) is 9.88 Å². The fraction of sp³-hybridized carbons (Fsp3) is 0.520. The van der Waals surface area contributed by atoms with Crippen LogP contribution in [0.1, 0.15) is 36.8 Å². The maximum absolute atomic E-state index is 14.0. The Morgan fingerprint density at radius 2 is 1.97 bits per heavy atom. The number of carbonyl (C=O) groups is 1. The first-order valence-electron chi connectivity index (χ1n) is 11.4. The van der Waals surface area contributed by atoms with Gasteiger partial charge in [-0.3, -0.25) is 14.7 Å². The average molecular weight is 426 g/mol. The van der Waals surface area contributed by atoms with Crippen LogP contribution in [0, 0.1) is 11.7 Å². The fourth-order valence-electron chi connectivity index (χ4n) is 4.61. The lowest BCUT2D eigenvalue weighted by Gasteiger charge is -2.35. The van der Waals surface area contributed by atoms with Gasteiger partial charge in [-0.25, -0.2) is 4.39 Å². The van der Waals surface area contributed by atoms with Crippen molar-refractivity contribution in [1.82, 2.24) is 14.8 Å². The Kier molecular flexibility index (Phi) is 7.65. The Hall–Kier alpha value is -2.31. The molecule has 2 aliphatic heterocycles. The number of amides is 1. The summed E-state index contributed by atoms with van der Waals surface area (Å²) in [4.78, 5) is 21.6. The normalized spacial score (nSPS) is 20.1. The average Bonchev–Trinajstić information content (AvgIpc) is 3.30. The van der Waals surface area contributed by atoms with Crippen LogP contribution in [0.3, 0.4) is 0 Å². The third kappa shape index (κ3) is 6.34. The molecule has 1 aromatic carbocycles. The Morgan fingerprint density at radius 3 is 2.68 bits per heavy atom. The monoisotopic (exact) mass is 425 g/mol. The zero-order valence-electron chi connectivity index (χ0n) is 18.1. The molecule has 0 spiro atoms. The van der Waals surface area contributed by atoms with Crippen molar-refractivity contribution in [2.24, 2.45) is 5.92 Å². The van der Waals surface area contributed by atoms with E-state index in [0.717, 1.165) is 63.1 Å². The molecule has 0 bridgehead atoms. The van der Waals surface area contributed by atoms with Gasteiger partial charge in [0.2, 0.25) is 5.91 Å². The van der Waals surface area contributed by atoms with E-state index in [4.69, 9.17) is 4.74 Å². The van der Waals surface area contributed by atoms with Crippen LogP contribution in [0.5, 0.6) is 0 Å². The molecular weight excluding hydrogens is 393 g/mol. The predicted molar refractivity (Wildman–Crippen MR) is 118 cm³/mol. The van der Waals surface area contributed by atoms with Gasteiger partial charge in [0.25, 0.3) is 0 Å². The minimum absolute atomic E-state index is 0.131. The topological polar surface area (TPSA) is 45.7 Å². The number of piperidine rings is 1. The molecule has 1 unspecified atom stereocenters. The van der Waals surface area contributed by atoms with Crippen molar-refractivity contribution in [3.63, 3.8) is 0 Å². The Labute approximate surface area is 184 Å². The van der Waals surface area contributed by atoms with Crippen LogP contribution in [0.15, 0.2) is 48.8 Å². The van der Waals surface area contributed by atoms with E-state index in [1.54, 1.807) is 18.5 Å². The molecule has 3 heterocycles. The number of rotatable bonds is 8. The first-order chi connectivity index (χ1) is 15.2. The zero-order valence-corrected chi connectivity index (χ0v) is 18.1. The SMILES string of the molecule is O=C(Cc1cccnc1)N(CC1CCN(Cc2ccccc2F)CC1)CC1CCCO1. The van der Waals surface area contributed by atoms with Crippen LogP contribution in [0.2, 0.25) is 0 Å². The van der Waals surface area contributed by atoms with Gasteiger partial charge >= 0.3 is 0 Å². The van der Waals surface area contributed by atoms with Gasteiger partial charge in [-0.05, 0) is 62.4 Å². The summed E-state index contributed by atoms with van der Waals surface area (Å²) >= 11 is 0. The third-order valence-electron chi connectivity index (χ3n) is 6.42. The van der Waals surface area contributed by atoms with Crippen LogP contribution in [-0.4, -0.2) is 59.6 Å². The predicted octanol–water partition coefficient (Wildman–Crippen LogP) is 3.68. The summed E-state index contributed by atoms with van der Waals surface area (Å²) in [5.41, 5.74) is 1.71. The summed E-state index contributed by atoms with van der Waals surface area (Å²) in [6, 6.07) is 10.8. The van der Waals surface area contributed by atoms with Crippen molar-refractivity contribution in [3.05, 3.63) is 65.7 Å². The highest BCUT2D eigenvalue weighted by Crippen LogP contribution is 2.23. The smallest absolute Gasteiger partial charge is 0.227 e. The van der Waals surface area contributed by atoms with Crippen LogP contribution in [-0.2, 0) is 22.5 Å². The zero-order chi connectivity index (χ0) is 21.5. The van der Waals surface area contributed by atoms with Gasteiger partial charge in [-0.2, -0.15) is 0 Å². The van der Waals surface area contributed by atoms with E-state index >= 15 is 0 Å². The van der Waals surface area contributed by atoms with Crippen LogP contribution < -0.4 is 0 Å². The maximum atomic E-state index is 14.0. The van der Waals surface area contributed by atoms with E-state index in [9.17, 15) is 9.18 Å². The fourth-order valence-corrected chi connectivity index (χ4v) is 4.61. The molecule has 6 heteroatoms. The molecule has 2 aromatic rings. The third-order valence-corrected chi connectivity index (χ3v) is 6.42. The molecule has 0 radical (unpaired) electrons. The largest absolute Gasteiger partial charge is 0.376 e. The summed E-state index contributed by atoms with van der Waals surface area (Å²) < 4.78 is 19.8. The lowest BCUT2D eigenvalue weighted by molar-refractivity contribution is -0.133. The molecule has 1 atom stereocenters. The van der Waals surface area contributed by atoms with E-state index < -0.39 is 0 Å². The first kappa shape index (κ1) is 21.9. The second-order valence-electron chi connectivity index (χ2n) is 8.78. The van der Waals surface area contributed by atoms with E-state index in [1.165, 1.54) is 6.07 Å². The number of nitrogens with zero attached hydrogens (tertiary/aromatic N) is 3. The quantitative estimate of drug-likeness (QED) is 0.647. The van der Waals surface area contributed by atoms with Crippen molar-refractivity contribution in [3.8, 4) is 0 Å². The van der Waals surface area contributed by atoms with Gasteiger partial charge in [0.1, 0.15) is 5.82 Å². The summed E-state index contributed by atoms with van der Waals surface area (Å²) in [6.07, 6.45) is 8.18. The van der Waals surface area contributed by atoms with Gasteiger partial charge in [0.05, 0.1) is 12.5 Å². The molecule has 1 aromatic heterocycles. The second kappa shape index (κ2) is 10.8. The Morgan fingerprint density at radius 1 is 1.13 bits per heavy atom. The summed E-state index contributed by atoms with van der Waals surface area (Å²) in [6.45, 7) is 4.76. The lowest BCUT2D eigenvalue weighted by Crippen LogP contribution is -2.44. The summed E-state index contributed by atoms with van der Waals surface area (Å²) in [5.74, 6) is 0.488. The molecular formula is C25H32FN3O2. The molecule has 0 saturated carbocycles. The minimum Gasteiger partial charge on any atom is -0.376 e. The van der Waals surface area contributed by atoms with Gasteiger partial charge in [0, 0.05) is 44.2 Å². The molecule has 5 nitrogen and oxygen atoms in total. The van der Waals surface area contributed by atoms with Crippen LogP contribution >= 0.6 is 0 Å². The molecule has 0 N–H and O–H groups in total. The molecule has 0 aliphatic carbocycles. The van der Waals surface area contributed by atoms with Crippen molar-refractivity contribution in [2.75, 3.05) is 32.8 Å². The lowest BCUT2D eigenvalue weighted by atomic mass is 9.95. The summed E-state index contributed by atoms with van der Waals surface area (Å²) in [7, 11) is 0. The molecule has 166 valence electrons. The second-order valence-corrected chi connectivity index (χ2v) is 8.78. The number of halogens is 1.